The van der Waals surface area contributed by atoms with Crippen molar-refractivity contribution >= 4 is 11.5 Å². The first-order valence-corrected chi connectivity index (χ1v) is 9.79. The second kappa shape index (κ2) is 6.30. The summed E-state index contributed by atoms with van der Waals surface area (Å²) >= 11 is 0. The van der Waals surface area contributed by atoms with Crippen molar-refractivity contribution in [2.24, 2.45) is 0 Å². The number of ether oxygens (including phenoxy) is 1. The highest BCUT2D eigenvalue weighted by Gasteiger charge is 2.47. The number of carbonyl (C=O) groups is 1. The molecule has 0 saturated carbocycles. The Morgan fingerprint density at radius 3 is 2.79 bits per heavy atom. The molecule has 1 atom stereocenters. The minimum atomic E-state index is -0.449. The molecule has 4 heterocycles. The summed E-state index contributed by atoms with van der Waals surface area (Å²) in [6.45, 7) is 7.94. The van der Waals surface area contributed by atoms with E-state index in [0.29, 0.717) is 12.4 Å². The van der Waals surface area contributed by atoms with E-state index in [1.165, 1.54) is 12.5 Å². The van der Waals surface area contributed by atoms with E-state index in [9.17, 15) is 9.90 Å². The molecule has 0 bridgehead atoms. The molecule has 7 nitrogen and oxygen atoms in total. The maximum Gasteiger partial charge on any atom is 0.178 e. The highest BCUT2D eigenvalue weighted by atomic mass is 16.5. The summed E-state index contributed by atoms with van der Waals surface area (Å²) in [7, 11) is 0. The van der Waals surface area contributed by atoms with Gasteiger partial charge in [-0.05, 0) is 43.7 Å². The third-order valence-corrected chi connectivity index (χ3v) is 5.95. The number of phenols is 1. The first-order valence-electron chi connectivity index (χ1n) is 9.79. The van der Waals surface area contributed by atoms with Crippen molar-refractivity contribution in [1.82, 2.24) is 15.0 Å². The van der Waals surface area contributed by atoms with Crippen LogP contribution < -0.4 is 9.64 Å². The largest absolute Gasteiger partial charge is 0.508 e. The fourth-order valence-corrected chi connectivity index (χ4v) is 4.49. The molecule has 150 valence electrons. The number of aromatic nitrogens is 1. The predicted molar refractivity (Wildman–Crippen MR) is 109 cm³/mol. The number of rotatable bonds is 2. The molecule has 29 heavy (non-hydrogen) atoms. The average Bonchev–Trinajstić information content (AvgIpc) is 3.11. The van der Waals surface area contributed by atoms with E-state index in [2.05, 4.69) is 39.8 Å². The van der Waals surface area contributed by atoms with E-state index in [1.807, 2.05) is 12.1 Å². The highest BCUT2D eigenvalue weighted by Crippen LogP contribution is 2.50. The zero-order valence-electron chi connectivity index (χ0n) is 16.8. The van der Waals surface area contributed by atoms with Crippen LogP contribution >= 0.6 is 0 Å². The van der Waals surface area contributed by atoms with Crippen molar-refractivity contribution in [3.8, 4) is 11.5 Å². The summed E-state index contributed by atoms with van der Waals surface area (Å²) in [5.74, 6) is 0.904. The molecule has 0 radical (unpaired) electrons. The molecule has 1 unspecified atom stereocenters. The molecule has 1 saturated heterocycles. The Kier molecular flexibility index (Phi) is 3.94. The molecule has 3 aliphatic heterocycles. The van der Waals surface area contributed by atoms with Gasteiger partial charge in [-0.2, -0.15) is 0 Å². The Morgan fingerprint density at radius 1 is 1.24 bits per heavy atom. The Balaban J connectivity index is 1.49. The van der Waals surface area contributed by atoms with Crippen molar-refractivity contribution in [3.05, 3.63) is 59.4 Å². The number of hydrazine groups is 1. The van der Waals surface area contributed by atoms with Gasteiger partial charge in [0.25, 0.3) is 0 Å². The van der Waals surface area contributed by atoms with E-state index < -0.39 is 5.60 Å². The number of phenolic OH excluding ortho intramolecular Hbond substituents is 1. The van der Waals surface area contributed by atoms with Gasteiger partial charge in [0.05, 0.1) is 31.3 Å². The van der Waals surface area contributed by atoms with Gasteiger partial charge in [0.1, 0.15) is 22.8 Å². The van der Waals surface area contributed by atoms with Crippen molar-refractivity contribution in [2.45, 2.75) is 32.4 Å². The Labute approximate surface area is 169 Å². The van der Waals surface area contributed by atoms with Crippen LogP contribution in [-0.2, 0) is 0 Å². The SMILES string of the molecule is CC(=O)c1ccc(N2CN3CC=C4C(c5ccc(O)cc5OC4(C)C)N3C2)cn1. The maximum atomic E-state index is 11.5. The lowest BCUT2D eigenvalue weighted by molar-refractivity contribution is -0.0297. The van der Waals surface area contributed by atoms with Gasteiger partial charge in [0.15, 0.2) is 5.78 Å². The van der Waals surface area contributed by atoms with Crippen LogP contribution in [0.3, 0.4) is 0 Å². The van der Waals surface area contributed by atoms with Gasteiger partial charge in [0, 0.05) is 25.1 Å². The van der Waals surface area contributed by atoms with Crippen molar-refractivity contribution in [2.75, 3.05) is 24.8 Å². The van der Waals surface area contributed by atoms with Gasteiger partial charge >= 0.3 is 0 Å². The zero-order chi connectivity index (χ0) is 20.3. The monoisotopic (exact) mass is 392 g/mol. The summed E-state index contributed by atoms with van der Waals surface area (Å²) in [4.78, 5) is 18.1. The van der Waals surface area contributed by atoms with Crippen LogP contribution in [0.25, 0.3) is 0 Å². The first kappa shape index (κ1) is 18.1. The fourth-order valence-electron chi connectivity index (χ4n) is 4.49. The minimum Gasteiger partial charge on any atom is -0.508 e. The molecule has 2 aromatic rings. The lowest BCUT2D eigenvalue weighted by Crippen LogP contribution is -2.51. The van der Waals surface area contributed by atoms with Gasteiger partial charge in [-0.1, -0.05) is 6.08 Å². The molecule has 5 rings (SSSR count). The summed E-state index contributed by atoms with van der Waals surface area (Å²) in [6.07, 6.45) is 4.03. The molecule has 1 fully saturated rings. The van der Waals surface area contributed by atoms with Gasteiger partial charge in [0.2, 0.25) is 0 Å². The summed E-state index contributed by atoms with van der Waals surface area (Å²) in [6, 6.07) is 9.16. The van der Waals surface area contributed by atoms with Crippen LogP contribution in [0.15, 0.2) is 48.2 Å². The molecular weight excluding hydrogens is 368 g/mol. The molecule has 0 aliphatic carbocycles. The highest BCUT2D eigenvalue weighted by molar-refractivity contribution is 5.92. The molecule has 0 amide bonds. The summed E-state index contributed by atoms with van der Waals surface area (Å²) < 4.78 is 6.24. The molecule has 1 aromatic heterocycles. The van der Waals surface area contributed by atoms with E-state index in [0.717, 1.165) is 30.2 Å². The lowest BCUT2D eigenvalue weighted by atomic mass is 9.82. The molecule has 3 aliphatic rings. The van der Waals surface area contributed by atoms with Crippen LogP contribution in [0.4, 0.5) is 5.69 Å². The fraction of sp³-hybridized carbons (Fsp3) is 0.364. The third kappa shape index (κ3) is 2.89. The number of carbonyl (C=O) groups excluding carboxylic acids is 1. The van der Waals surface area contributed by atoms with E-state index >= 15 is 0 Å². The average molecular weight is 392 g/mol. The van der Waals surface area contributed by atoms with Crippen LogP contribution in [0.1, 0.15) is 42.9 Å². The first-order chi connectivity index (χ1) is 13.8. The molecule has 7 heteroatoms. The number of ketones is 1. The smallest absolute Gasteiger partial charge is 0.178 e. The van der Waals surface area contributed by atoms with E-state index in [-0.39, 0.29) is 17.6 Å². The third-order valence-electron chi connectivity index (χ3n) is 5.95. The van der Waals surface area contributed by atoms with Crippen molar-refractivity contribution in [1.29, 1.82) is 0 Å². The van der Waals surface area contributed by atoms with E-state index in [1.54, 1.807) is 24.4 Å². The second-order valence-corrected chi connectivity index (χ2v) is 8.31. The number of Topliss-reactive ketones (excluding diaryl/α,β-unsaturated/α-hetero) is 1. The van der Waals surface area contributed by atoms with Crippen LogP contribution in [-0.4, -0.2) is 51.4 Å². The van der Waals surface area contributed by atoms with Gasteiger partial charge in [-0.25, -0.2) is 10.0 Å². The van der Waals surface area contributed by atoms with Crippen LogP contribution in [0, 0.1) is 0 Å². The standard InChI is InChI=1S/C22H24N4O3/c1-14(27)19-7-4-15(11-23-19)24-12-25-9-8-18-21(26(25)13-24)17-6-5-16(28)10-20(17)29-22(18,2)3/h4-8,10-11,21,28H,9,12-13H2,1-3H3. The van der Waals surface area contributed by atoms with E-state index in [4.69, 9.17) is 4.74 Å². The van der Waals surface area contributed by atoms with Crippen molar-refractivity contribution < 1.29 is 14.6 Å². The van der Waals surface area contributed by atoms with Crippen molar-refractivity contribution in [3.63, 3.8) is 0 Å². The normalized spacial score (nSPS) is 22.9. The number of nitrogens with zero attached hydrogens (tertiary/aromatic N) is 4. The number of pyridine rings is 1. The minimum absolute atomic E-state index is 0.0303. The number of anilines is 1. The topological polar surface area (TPSA) is 69.1 Å². The van der Waals surface area contributed by atoms with Crippen LogP contribution in [0.5, 0.6) is 11.5 Å². The second-order valence-electron chi connectivity index (χ2n) is 8.31. The molecule has 1 N–H and O–H groups in total. The summed E-state index contributed by atoms with van der Waals surface area (Å²) in [5.41, 5.74) is 3.32. The zero-order valence-corrected chi connectivity index (χ0v) is 16.8. The maximum absolute atomic E-state index is 11.5. The quantitative estimate of drug-likeness (QED) is 0.622. The molecular formula is C22H24N4O3. The lowest BCUT2D eigenvalue weighted by Gasteiger charge is -2.47. The Morgan fingerprint density at radius 2 is 2.07 bits per heavy atom. The summed E-state index contributed by atoms with van der Waals surface area (Å²) in [5, 5.41) is 14.6. The Hall–Kier alpha value is -2.90. The number of fused-ring (bicyclic) bond motifs is 5. The van der Waals surface area contributed by atoms with Gasteiger partial charge in [-0.15, -0.1) is 0 Å². The number of benzene rings is 1. The number of hydrogen-bond acceptors (Lipinski definition) is 7. The van der Waals surface area contributed by atoms with Crippen LogP contribution in [0.2, 0.25) is 0 Å². The number of aromatic hydroxyl groups is 1. The Bertz CT molecular complexity index is 1020. The number of hydrogen-bond donors (Lipinski definition) is 1. The molecule has 0 spiro atoms. The molecule has 1 aromatic carbocycles. The van der Waals surface area contributed by atoms with Gasteiger partial charge in [-0.3, -0.25) is 9.78 Å². The predicted octanol–water partition coefficient (Wildman–Crippen LogP) is 3.10. The van der Waals surface area contributed by atoms with Gasteiger partial charge < -0.3 is 14.7 Å².